The second kappa shape index (κ2) is 4.87. The highest BCUT2D eigenvalue weighted by Gasteiger charge is 2.16. The van der Waals surface area contributed by atoms with Gasteiger partial charge in [-0.25, -0.2) is 18.0 Å². The molecule has 0 amide bonds. The van der Waals surface area contributed by atoms with Crippen LogP contribution >= 0.6 is 0 Å². The number of carboxylic acids is 1. The van der Waals surface area contributed by atoms with Crippen LogP contribution in [0.15, 0.2) is 18.2 Å². The van der Waals surface area contributed by atoms with E-state index in [1.807, 2.05) is 0 Å². The quantitative estimate of drug-likeness (QED) is 0.866. The first kappa shape index (κ1) is 12.4. The van der Waals surface area contributed by atoms with Gasteiger partial charge in [0, 0.05) is 7.05 Å². The summed E-state index contributed by atoms with van der Waals surface area (Å²) in [7, 11) is 1.33. The van der Waals surface area contributed by atoms with Crippen LogP contribution in [0, 0.1) is 5.82 Å². The molecule has 0 aromatic heterocycles. The van der Waals surface area contributed by atoms with Crippen molar-refractivity contribution in [3.63, 3.8) is 0 Å². The Morgan fingerprint density at radius 1 is 1.50 bits per heavy atom. The number of benzene rings is 1. The van der Waals surface area contributed by atoms with E-state index < -0.39 is 24.8 Å². The van der Waals surface area contributed by atoms with Gasteiger partial charge in [-0.05, 0) is 18.2 Å². The largest absolute Gasteiger partial charge is 0.478 e. The normalized spacial score (nSPS) is 10.6. The number of carbonyl (C=O) groups is 1. The Balaban J connectivity index is 3.07. The van der Waals surface area contributed by atoms with E-state index in [-0.39, 0.29) is 11.3 Å². The number of hydrogen-bond acceptors (Lipinski definition) is 2. The fourth-order valence-corrected chi connectivity index (χ4v) is 1.32. The van der Waals surface area contributed by atoms with E-state index in [1.165, 1.54) is 13.1 Å². The molecule has 0 fully saturated rings. The summed E-state index contributed by atoms with van der Waals surface area (Å²) < 4.78 is 37.0. The maximum absolute atomic E-state index is 12.8. The molecule has 1 rings (SSSR count). The lowest BCUT2D eigenvalue weighted by Gasteiger charge is -2.20. The van der Waals surface area contributed by atoms with Gasteiger partial charge < -0.3 is 10.0 Å². The second-order valence-corrected chi connectivity index (χ2v) is 3.24. The zero-order valence-corrected chi connectivity index (χ0v) is 8.45. The summed E-state index contributed by atoms with van der Waals surface area (Å²) in [6.45, 7) is -0.605. The van der Waals surface area contributed by atoms with E-state index in [1.54, 1.807) is 0 Å². The molecule has 0 aliphatic carbocycles. The van der Waals surface area contributed by atoms with Gasteiger partial charge in [-0.2, -0.15) is 0 Å². The van der Waals surface area contributed by atoms with Gasteiger partial charge in [0.2, 0.25) is 0 Å². The minimum Gasteiger partial charge on any atom is -0.478 e. The highest BCUT2D eigenvalue weighted by molar-refractivity contribution is 5.94. The van der Waals surface area contributed by atoms with Crippen LogP contribution in [0.1, 0.15) is 10.4 Å². The van der Waals surface area contributed by atoms with Crippen molar-refractivity contribution >= 4 is 11.7 Å². The molecular weight excluding hydrogens is 223 g/mol. The Labute approximate surface area is 90.1 Å². The van der Waals surface area contributed by atoms with Crippen LogP contribution in [-0.4, -0.2) is 31.1 Å². The zero-order chi connectivity index (χ0) is 12.3. The van der Waals surface area contributed by atoms with Crippen LogP contribution in [0.3, 0.4) is 0 Å². The van der Waals surface area contributed by atoms with E-state index in [0.29, 0.717) is 0 Å². The average molecular weight is 233 g/mol. The van der Waals surface area contributed by atoms with Gasteiger partial charge >= 0.3 is 5.97 Å². The maximum atomic E-state index is 12.8. The molecule has 0 radical (unpaired) electrons. The van der Waals surface area contributed by atoms with Crippen molar-refractivity contribution in [3.05, 3.63) is 29.6 Å². The van der Waals surface area contributed by atoms with Crippen LogP contribution in [0.5, 0.6) is 0 Å². The van der Waals surface area contributed by atoms with Crippen molar-refractivity contribution in [1.29, 1.82) is 0 Å². The highest BCUT2D eigenvalue weighted by Crippen LogP contribution is 2.21. The molecule has 16 heavy (non-hydrogen) atoms. The van der Waals surface area contributed by atoms with Crippen LogP contribution in [0.25, 0.3) is 0 Å². The van der Waals surface area contributed by atoms with Gasteiger partial charge in [-0.15, -0.1) is 0 Å². The predicted molar refractivity (Wildman–Crippen MR) is 52.6 cm³/mol. The fourth-order valence-electron chi connectivity index (χ4n) is 1.32. The van der Waals surface area contributed by atoms with Gasteiger partial charge in [0.15, 0.2) is 0 Å². The summed E-state index contributed by atoms with van der Waals surface area (Å²) >= 11 is 0. The lowest BCUT2D eigenvalue weighted by Crippen LogP contribution is -2.25. The molecule has 1 aromatic carbocycles. The van der Waals surface area contributed by atoms with Crippen molar-refractivity contribution in [1.82, 2.24) is 0 Å². The number of halogens is 3. The van der Waals surface area contributed by atoms with E-state index in [9.17, 15) is 18.0 Å². The Bertz CT molecular complexity index is 396. The van der Waals surface area contributed by atoms with Crippen LogP contribution in [0.2, 0.25) is 0 Å². The lowest BCUT2D eigenvalue weighted by molar-refractivity contribution is 0.0696. The third-order valence-electron chi connectivity index (χ3n) is 2.01. The van der Waals surface area contributed by atoms with Gasteiger partial charge in [-0.1, -0.05) is 0 Å². The molecule has 3 nitrogen and oxygen atoms in total. The van der Waals surface area contributed by atoms with Crippen molar-refractivity contribution < 1.29 is 23.1 Å². The highest BCUT2D eigenvalue weighted by atomic mass is 19.3. The first-order chi connectivity index (χ1) is 7.41. The lowest BCUT2D eigenvalue weighted by atomic mass is 10.1. The Hall–Kier alpha value is -1.72. The van der Waals surface area contributed by atoms with Crippen LogP contribution in [0.4, 0.5) is 18.9 Å². The number of nitrogens with zero attached hydrogens (tertiary/aromatic N) is 1. The molecule has 0 spiro atoms. The van der Waals surface area contributed by atoms with Gasteiger partial charge in [-0.3, -0.25) is 0 Å². The first-order valence-electron chi connectivity index (χ1n) is 4.44. The van der Waals surface area contributed by atoms with E-state index in [2.05, 4.69) is 0 Å². The molecule has 0 heterocycles. The molecule has 0 atom stereocenters. The molecule has 0 saturated carbocycles. The molecule has 0 bridgehead atoms. The average Bonchev–Trinajstić information content (AvgIpc) is 2.16. The van der Waals surface area contributed by atoms with E-state index in [0.717, 1.165) is 17.0 Å². The minimum atomic E-state index is -2.59. The Morgan fingerprint density at radius 2 is 2.12 bits per heavy atom. The summed E-state index contributed by atoms with van der Waals surface area (Å²) in [5.41, 5.74) is -0.266. The third kappa shape index (κ3) is 2.88. The molecule has 0 aliphatic heterocycles. The second-order valence-electron chi connectivity index (χ2n) is 3.24. The van der Waals surface area contributed by atoms with Crippen molar-refractivity contribution in [3.8, 4) is 0 Å². The van der Waals surface area contributed by atoms with Crippen molar-refractivity contribution in [2.24, 2.45) is 0 Å². The number of alkyl halides is 2. The molecule has 0 saturated heterocycles. The van der Waals surface area contributed by atoms with Crippen LogP contribution in [-0.2, 0) is 0 Å². The molecular formula is C10H10F3NO2. The monoisotopic (exact) mass is 233 g/mol. The molecule has 1 N–H and O–H groups in total. The number of aromatic carboxylic acids is 1. The standard InChI is InChI=1S/C10H10F3NO2/c1-14(5-9(12)13)8-3-2-6(11)4-7(8)10(15)16/h2-4,9H,5H2,1H3,(H,15,16). The number of anilines is 1. The topological polar surface area (TPSA) is 40.5 Å². The Kier molecular flexibility index (Phi) is 3.76. The number of rotatable bonds is 4. The minimum absolute atomic E-state index is 0.0641. The zero-order valence-electron chi connectivity index (χ0n) is 8.45. The Morgan fingerprint density at radius 3 is 2.62 bits per heavy atom. The third-order valence-corrected chi connectivity index (χ3v) is 2.01. The van der Waals surface area contributed by atoms with Gasteiger partial charge in [0.1, 0.15) is 5.82 Å². The van der Waals surface area contributed by atoms with Crippen LogP contribution < -0.4 is 4.90 Å². The summed E-state index contributed by atoms with van der Waals surface area (Å²) in [5, 5.41) is 8.79. The number of carboxylic acid groups (broad SMARTS) is 1. The van der Waals surface area contributed by atoms with E-state index in [4.69, 9.17) is 5.11 Å². The molecule has 1 aromatic rings. The van der Waals surface area contributed by atoms with Gasteiger partial charge in [0.25, 0.3) is 6.43 Å². The maximum Gasteiger partial charge on any atom is 0.337 e. The van der Waals surface area contributed by atoms with Gasteiger partial charge in [0.05, 0.1) is 17.8 Å². The summed E-state index contributed by atoms with van der Waals surface area (Å²) in [5.74, 6) is -2.07. The fraction of sp³-hybridized carbons (Fsp3) is 0.300. The van der Waals surface area contributed by atoms with Crippen molar-refractivity contribution in [2.75, 3.05) is 18.5 Å². The summed E-state index contributed by atoms with van der Waals surface area (Å²) in [4.78, 5) is 11.9. The van der Waals surface area contributed by atoms with E-state index >= 15 is 0 Å². The predicted octanol–water partition coefficient (Wildman–Crippen LogP) is 2.23. The number of hydrogen-bond donors (Lipinski definition) is 1. The SMILES string of the molecule is CN(CC(F)F)c1ccc(F)cc1C(=O)O. The molecule has 0 unspecified atom stereocenters. The summed E-state index contributed by atoms with van der Waals surface area (Å²) in [6, 6.07) is 3.00. The van der Waals surface area contributed by atoms with Crippen molar-refractivity contribution in [2.45, 2.75) is 6.43 Å². The first-order valence-corrected chi connectivity index (χ1v) is 4.44. The molecule has 88 valence electrons. The summed E-state index contributed by atoms with van der Waals surface area (Å²) in [6.07, 6.45) is -2.59. The smallest absolute Gasteiger partial charge is 0.337 e. The molecule has 6 heteroatoms. The molecule has 0 aliphatic rings.